The highest BCUT2D eigenvalue weighted by Crippen LogP contribution is 2.25. The number of rotatable bonds is 8. The number of piperidine rings is 1. The van der Waals surface area contributed by atoms with E-state index >= 15 is 0 Å². The van der Waals surface area contributed by atoms with Gasteiger partial charge in [-0.25, -0.2) is 21.1 Å². The van der Waals surface area contributed by atoms with E-state index in [4.69, 9.17) is 0 Å². The third kappa shape index (κ3) is 5.55. The molecule has 0 unspecified atom stereocenters. The molecular formula is C22H29N3O5S2. The highest BCUT2D eigenvalue weighted by Gasteiger charge is 2.33. The number of hydrogen-bond acceptors (Lipinski definition) is 5. The van der Waals surface area contributed by atoms with Crippen molar-refractivity contribution in [2.24, 2.45) is 5.92 Å². The Bertz CT molecular complexity index is 1130. The quantitative estimate of drug-likeness (QED) is 0.621. The molecule has 1 saturated heterocycles. The van der Waals surface area contributed by atoms with Gasteiger partial charge in [0.15, 0.2) is 0 Å². The molecule has 1 heterocycles. The fourth-order valence-corrected chi connectivity index (χ4v) is 6.06. The van der Waals surface area contributed by atoms with Gasteiger partial charge in [-0.1, -0.05) is 30.3 Å². The van der Waals surface area contributed by atoms with Crippen LogP contribution in [0.25, 0.3) is 0 Å². The van der Waals surface area contributed by atoms with Gasteiger partial charge in [-0.2, -0.15) is 4.31 Å². The maximum absolute atomic E-state index is 13.1. The van der Waals surface area contributed by atoms with E-state index < -0.39 is 26.0 Å². The molecule has 1 aliphatic heterocycles. The fraction of sp³-hybridized carbons (Fsp3) is 0.409. The number of hydrogen-bond donors (Lipinski definition) is 1. The number of amides is 1. The van der Waals surface area contributed by atoms with Crippen LogP contribution in [0.3, 0.4) is 0 Å². The smallest absolute Gasteiger partial charge is 0.243 e. The van der Waals surface area contributed by atoms with Crippen LogP contribution in [-0.2, 0) is 31.3 Å². The van der Waals surface area contributed by atoms with Crippen molar-refractivity contribution in [2.75, 3.05) is 33.7 Å². The van der Waals surface area contributed by atoms with E-state index in [1.54, 1.807) is 0 Å². The Morgan fingerprint density at radius 1 is 1.00 bits per heavy atom. The molecule has 174 valence electrons. The molecule has 2 aromatic rings. The summed E-state index contributed by atoms with van der Waals surface area (Å²) in [5.74, 6) is -0.559. The average molecular weight is 480 g/mol. The highest BCUT2D eigenvalue weighted by molar-refractivity contribution is 7.89. The van der Waals surface area contributed by atoms with Gasteiger partial charge in [0.1, 0.15) is 0 Å². The number of carbonyl (C=O) groups excluding carboxylic acids is 1. The van der Waals surface area contributed by atoms with Gasteiger partial charge < -0.3 is 5.32 Å². The van der Waals surface area contributed by atoms with Gasteiger partial charge in [0.2, 0.25) is 26.0 Å². The van der Waals surface area contributed by atoms with Crippen molar-refractivity contribution < 1.29 is 21.6 Å². The van der Waals surface area contributed by atoms with Gasteiger partial charge in [0, 0.05) is 33.7 Å². The summed E-state index contributed by atoms with van der Waals surface area (Å²) in [6.45, 7) is 0.930. The Morgan fingerprint density at radius 3 is 2.25 bits per heavy atom. The molecule has 0 spiro atoms. The molecule has 1 N–H and O–H groups in total. The Morgan fingerprint density at radius 2 is 1.62 bits per heavy atom. The van der Waals surface area contributed by atoms with Crippen molar-refractivity contribution in [1.82, 2.24) is 13.9 Å². The number of benzene rings is 2. The SMILES string of the molecule is CN(C)S(=O)(=O)c1ccc(S(=O)(=O)N2CCC[C@@H](C(=O)NCCc3ccccc3)C2)cc1. The summed E-state index contributed by atoms with van der Waals surface area (Å²) in [4.78, 5) is 12.7. The van der Waals surface area contributed by atoms with E-state index in [0.717, 1.165) is 9.87 Å². The van der Waals surface area contributed by atoms with Crippen molar-refractivity contribution in [3.05, 3.63) is 60.2 Å². The summed E-state index contributed by atoms with van der Waals surface area (Å²) in [6.07, 6.45) is 1.93. The lowest BCUT2D eigenvalue weighted by atomic mass is 9.99. The van der Waals surface area contributed by atoms with Gasteiger partial charge in [-0.05, 0) is 49.1 Å². The molecule has 2 aromatic carbocycles. The Labute approximate surface area is 190 Å². The third-order valence-electron chi connectivity index (χ3n) is 5.55. The van der Waals surface area contributed by atoms with E-state index in [1.807, 2.05) is 30.3 Å². The standard InChI is InChI=1S/C22H29N3O5S2/c1-24(2)31(27,28)20-10-12-21(13-11-20)32(29,30)25-16-6-9-19(17-25)22(26)23-15-14-18-7-4-3-5-8-18/h3-5,7-8,10-13,19H,6,9,14-17H2,1-2H3,(H,23,26)/t19-/m1/s1. The van der Waals surface area contributed by atoms with Crippen LogP contribution in [0.1, 0.15) is 18.4 Å². The van der Waals surface area contributed by atoms with Crippen LogP contribution in [0.15, 0.2) is 64.4 Å². The first kappa shape index (κ1) is 24.4. The van der Waals surface area contributed by atoms with Gasteiger partial charge in [-0.15, -0.1) is 0 Å². The average Bonchev–Trinajstić information content (AvgIpc) is 2.79. The van der Waals surface area contributed by atoms with Crippen molar-refractivity contribution >= 4 is 26.0 Å². The molecule has 0 aromatic heterocycles. The minimum Gasteiger partial charge on any atom is -0.355 e. The minimum absolute atomic E-state index is 0.0142. The zero-order chi connectivity index (χ0) is 23.4. The first-order valence-corrected chi connectivity index (χ1v) is 13.3. The molecule has 0 radical (unpaired) electrons. The second kappa shape index (κ2) is 10.1. The first-order valence-electron chi connectivity index (χ1n) is 10.5. The zero-order valence-electron chi connectivity index (χ0n) is 18.3. The predicted octanol–water partition coefficient (Wildman–Crippen LogP) is 1.70. The molecule has 10 heteroatoms. The summed E-state index contributed by atoms with van der Waals surface area (Å²) in [7, 11) is -4.64. The summed E-state index contributed by atoms with van der Waals surface area (Å²) in [5, 5.41) is 2.92. The molecule has 1 atom stereocenters. The van der Waals surface area contributed by atoms with Crippen LogP contribution >= 0.6 is 0 Å². The van der Waals surface area contributed by atoms with Gasteiger partial charge in [-0.3, -0.25) is 4.79 Å². The van der Waals surface area contributed by atoms with E-state index in [0.29, 0.717) is 32.4 Å². The predicted molar refractivity (Wildman–Crippen MR) is 122 cm³/mol. The van der Waals surface area contributed by atoms with E-state index in [2.05, 4.69) is 5.32 Å². The van der Waals surface area contributed by atoms with Crippen LogP contribution in [-0.4, -0.2) is 65.1 Å². The zero-order valence-corrected chi connectivity index (χ0v) is 19.9. The van der Waals surface area contributed by atoms with Crippen LogP contribution in [0.5, 0.6) is 0 Å². The van der Waals surface area contributed by atoms with Gasteiger partial charge >= 0.3 is 0 Å². The third-order valence-corrected chi connectivity index (χ3v) is 9.26. The van der Waals surface area contributed by atoms with E-state index in [1.165, 1.54) is 42.7 Å². The minimum atomic E-state index is -3.83. The number of sulfonamides is 2. The molecule has 32 heavy (non-hydrogen) atoms. The number of carbonyl (C=O) groups is 1. The molecule has 8 nitrogen and oxygen atoms in total. The van der Waals surface area contributed by atoms with E-state index in [9.17, 15) is 21.6 Å². The Balaban J connectivity index is 1.64. The molecule has 0 bridgehead atoms. The summed E-state index contributed by atoms with van der Waals surface area (Å²) >= 11 is 0. The summed E-state index contributed by atoms with van der Waals surface area (Å²) < 4.78 is 53.0. The van der Waals surface area contributed by atoms with Crippen molar-refractivity contribution in [2.45, 2.75) is 29.1 Å². The van der Waals surface area contributed by atoms with Crippen molar-refractivity contribution in [1.29, 1.82) is 0 Å². The van der Waals surface area contributed by atoms with Crippen LogP contribution in [0.2, 0.25) is 0 Å². The number of nitrogens with zero attached hydrogens (tertiary/aromatic N) is 2. The van der Waals surface area contributed by atoms with Crippen LogP contribution in [0, 0.1) is 5.92 Å². The Kier molecular flexibility index (Phi) is 7.71. The second-order valence-electron chi connectivity index (χ2n) is 7.99. The lowest BCUT2D eigenvalue weighted by Gasteiger charge is -2.31. The molecule has 3 rings (SSSR count). The second-order valence-corrected chi connectivity index (χ2v) is 12.1. The van der Waals surface area contributed by atoms with Crippen molar-refractivity contribution in [3.8, 4) is 0 Å². The first-order chi connectivity index (χ1) is 15.1. The fourth-order valence-electron chi connectivity index (χ4n) is 3.64. The lowest BCUT2D eigenvalue weighted by molar-refractivity contribution is -0.126. The molecular weight excluding hydrogens is 450 g/mol. The molecule has 1 amide bonds. The maximum Gasteiger partial charge on any atom is 0.243 e. The van der Waals surface area contributed by atoms with Gasteiger partial charge in [0.25, 0.3) is 0 Å². The highest BCUT2D eigenvalue weighted by atomic mass is 32.2. The molecule has 0 saturated carbocycles. The van der Waals surface area contributed by atoms with Crippen LogP contribution in [0.4, 0.5) is 0 Å². The summed E-state index contributed by atoms with van der Waals surface area (Å²) in [5.41, 5.74) is 1.13. The Hall–Kier alpha value is -2.27. The molecule has 1 aliphatic rings. The summed E-state index contributed by atoms with van der Waals surface area (Å²) in [6, 6.07) is 15.0. The van der Waals surface area contributed by atoms with Crippen LogP contribution < -0.4 is 5.32 Å². The molecule has 1 fully saturated rings. The number of nitrogens with one attached hydrogen (secondary N) is 1. The van der Waals surface area contributed by atoms with Gasteiger partial charge in [0.05, 0.1) is 15.7 Å². The molecule has 0 aliphatic carbocycles. The monoisotopic (exact) mass is 479 g/mol. The van der Waals surface area contributed by atoms with Crippen molar-refractivity contribution in [3.63, 3.8) is 0 Å². The normalized spacial score (nSPS) is 17.9. The topological polar surface area (TPSA) is 104 Å². The largest absolute Gasteiger partial charge is 0.355 e. The maximum atomic E-state index is 13.1. The lowest BCUT2D eigenvalue weighted by Crippen LogP contribution is -2.45. The van der Waals surface area contributed by atoms with E-state index in [-0.39, 0.29) is 22.2 Å².